The van der Waals surface area contributed by atoms with Gasteiger partial charge in [0.15, 0.2) is 0 Å². The fourth-order valence-corrected chi connectivity index (χ4v) is 1.69. The summed E-state index contributed by atoms with van der Waals surface area (Å²) >= 11 is 3.42. The van der Waals surface area contributed by atoms with Gasteiger partial charge in [0.1, 0.15) is 0 Å². The van der Waals surface area contributed by atoms with Crippen LogP contribution in [-0.2, 0) is 0 Å². The Labute approximate surface area is 94.5 Å². The molecule has 0 bridgehead atoms. The molecule has 1 rings (SSSR count). The third kappa shape index (κ3) is 3.66. The molecule has 0 N–H and O–H groups in total. The molecule has 14 heavy (non-hydrogen) atoms. The summed E-state index contributed by atoms with van der Waals surface area (Å²) in [6.07, 6.45) is 7.52. The first-order chi connectivity index (χ1) is 6.74. The van der Waals surface area contributed by atoms with Gasteiger partial charge in [-0.05, 0) is 28.4 Å². The van der Waals surface area contributed by atoms with Crippen molar-refractivity contribution in [2.45, 2.75) is 26.2 Å². The largest absolute Gasteiger partial charge is 0.373 e. The highest BCUT2D eigenvalue weighted by Gasteiger charge is 2.00. The summed E-state index contributed by atoms with van der Waals surface area (Å²) in [5, 5.41) is 0. The van der Waals surface area contributed by atoms with E-state index < -0.39 is 0 Å². The number of halogens is 1. The minimum atomic E-state index is 1.04. The summed E-state index contributed by atoms with van der Waals surface area (Å²) in [6, 6.07) is 2.10. The zero-order valence-corrected chi connectivity index (χ0v) is 10.4. The summed E-state index contributed by atoms with van der Waals surface area (Å²) in [6.45, 7) is 3.33. The van der Waals surface area contributed by atoms with Gasteiger partial charge in [-0.2, -0.15) is 0 Å². The van der Waals surface area contributed by atoms with Crippen LogP contribution >= 0.6 is 15.9 Å². The van der Waals surface area contributed by atoms with E-state index in [0.717, 1.165) is 11.0 Å². The van der Waals surface area contributed by atoms with E-state index in [2.05, 4.69) is 45.9 Å². The monoisotopic (exact) mass is 256 g/mol. The second-order valence-corrected chi connectivity index (χ2v) is 4.41. The predicted molar refractivity (Wildman–Crippen MR) is 64.7 cm³/mol. The first-order valence-electron chi connectivity index (χ1n) is 5.05. The Morgan fingerprint density at radius 1 is 1.36 bits per heavy atom. The van der Waals surface area contributed by atoms with E-state index in [-0.39, 0.29) is 0 Å². The van der Waals surface area contributed by atoms with Gasteiger partial charge in [-0.15, -0.1) is 0 Å². The number of aromatic nitrogens is 1. The summed E-state index contributed by atoms with van der Waals surface area (Å²) in [5.41, 5.74) is 1.18. The van der Waals surface area contributed by atoms with Crippen molar-refractivity contribution < 1.29 is 0 Å². The van der Waals surface area contributed by atoms with Crippen LogP contribution in [0.4, 0.5) is 5.69 Å². The van der Waals surface area contributed by atoms with Crippen LogP contribution in [0.25, 0.3) is 0 Å². The molecule has 0 saturated heterocycles. The van der Waals surface area contributed by atoms with Crippen LogP contribution in [0, 0.1) is 0 Å². The molecule has 0 aliphatic rings. The Hall–Kier alpha value is -0.570. The highest BCUT2D eigenvalue weighted by Crippen LogP contribution is 2.17. The molecular weight excluding hydrogens is 240 g/mol. The SMILES string of the molecule is CCCCCN(C)c1cncc(Br)c1. The van der Waals surface area contributed by atoms with Gasteiger partial charge in [0.05, 0.1) is 11.9 Å². The highest BCUT2D eigenvalue weighted by molar-refractivity contribution is 9.10. The van der Waals surface area contributed by atoms with Crippen LogP contribution in [0.3, 0.4) is 0 Å². The molecule has 1 aromatic heterocycles. The molecule has 0 unspecified atom stereocenters. The Morgan fingerprint density at radius 3 is 2.79 bits per heavy atom. The predicted octanol–water partition coefficient (Wildman–Crippen LogP) is 3.47. The Bertz CT molecular complexity index is 276. The van der Waals surface area contributed by atoms with Crippen LogP contribution in [0.1, 0.15) is 26.2 Å². The number of hydrogen-bond acceptors (Lipinski definition) is 2. The summed E-state index contributed by atoms with van der Waals surface area (Å²) < 4.78 is 1.04. The maximum Gasteiger partial charge on any atom is 0.0561 e. The van der Waals surface area contributed by atoms with Gasteiger partial charge in [0.2, 0.25) is 0 Å². The van der Waals surface area contributed by atoms with E-state index in [1.807, 2.05) is 12.4 Å². The maximum absolute atomic E-state index is 4.14. The molecule has 2 nitrogen and oxygen atoms in total. The normalized spacial score (nSPS) is 10.2. The van der Waals surface area contributed by atoms with E-state index in [1.165, 1.54) is 24.9 Å². The van der Waals surface area contributed by atoms with Crippen LogP contribution in [0.15, 0.2) is 22.9 Å². The van der Waals surface area contributed by atoms with E-state index in [9.17, 15) is 0 Å². The number of pyridine rings is 1. The lowest BCUT2D eigenvalue weighted by atomic mass is 10.2. The highest BCUT2D eigenvalue weighted by atomic mass is 79.9. The van der Waals surface area contributed by atoms with Crippen molar-refractivity contribution in [2.75, 3.05) is 18.5 Å². The first-order valence-corrected chi connectivity index (χ1v) is 5.85. The minimum absolute atomic E-state index is 1.04. The molecule has 0 radical (unpaired) electrons. The van der Waals surface area contributed by atoms with Crippen LogP contribution in [-0.4, -0.2) is 18.6 Å². The molecule has 0 amide bonds. The van der Waals surface area contributed by atoms with E-state index >= 15 is 0 Å². The Balaban J connectivity index is 2.47. The molecule has 0 atom stereocenters. The molecule has 0 spiro atoms. The number of hydrogen-bond donors (Lipinski definition) is 0. The van der Waals surface area contributed by atoms with Gasteiger partial charge in [-0.25, -0.2) is 0 Å². The smallest absolute Gasteiger partial charge is 0.0561 e. The molecule has 0 aliphatic carbocycles. The average Bonchev–Trinajstić information content (AvgIpc) is 2.18. The molecule has 0 fully saturated rings. The Kier molecular flexibility index (Phi) is 4.94. The zero-order chi connectivity index (χ0) is 10.4. The van der Waals surface area contributed by atoms with Crippen LogP contribution < -0.4 is 4.90 Å². The second-order valence-electron chi connectivity index (χ2n) is 3.49. The Morgan fingerprint density at radius 2 is 2.14 bits per heavy atom. The quantitative estimate of drug-likeness (QED) is 0.751. The van der Waals surface area contributed by atoms with Crippen molar-refractivity contribution in [2.24, 2.45) is 0 Å². The number of rotatable bonds is 5. The summed E-state index contributed by atoms with van der Waals surface area (Å²) in [5.74, 6) is 0. The third-order valence-electron chi connectivity index (χ3n) is 2.23. The van der Waals surface area contributed by atoms with Crippen LogP contribution in [0.2, 0.25) is 0 Å². The third-order valence-corrected chi connectivity index (χ3v) is 2.66. The molecule has 0 saturated carbocycles. The van der Waals surface area contributed by atoms with Gasteiger partial charge in [-0.1, -0.05) is 19.8 Å². The lowest BCUT2D eigenvalue weighted by molar-refractivity contribution is 0.704. The number of anilines is 1. The standard InChI is InChI=1S/C11H17BrN2/c1-3-4-5-6-14(2)11-7-10(12)8-13-9-11/h7-9H,3-6H2,1-2H3. The molecule has 0 aliphatic heterocycles. The summed E-state index contributed by atoms with van der Waals surface area (Å²) in [4.78, 5) is 6.39. The van der Waals surface area contributed by atoms with Gasteiger partial charge >= 0.3 is 0 Å². The number of nitrogens with zero attached hydrogens (tertiary/aromatic N) is 2. The molecule has 78 valence electrons. The first kappa shape index (κ1) is 11.5. The fourth-order valence-electron chi connectivity index (χ4n) is 1.34. The molecule has 1 heterocycles. The van der Waals surface area contributed by atoms with Gasteiger partial charge in [0, 0.05) is 24.3 Å². The average molecular weight is 257 g/mol. The van der Waals surface area contributed by atoms with Crippen molar-refractivity contribution in [1.82, 2.24) is 4.98 Å². The molecule has 1 aromatic rings. The topological polar surface area (TPSA) is 16.1 Å². The second kappa shape index (κ2) is 6.02. The number of unbranched alkanes of at least 4 members (excludes halogenated alkanes) is 2. The lowest BCUT2D eigenvalue weighted by Crippen LogP contribution is -2.18. The fraction of sp³-hybridized carbons (Fsp3) is 0.545. The van der Waals surface area contributed by atoms with Crippen molar-refractivity contribution in [3.05, 3.63) is 22.9 Å². The van der Waals surface area contributed by atoms with Crippen molar-refractivity contribution in [1.29, 1.82) is 0 Å². The van der Waals surface area contributed by atoms with E-state index in [0.29, 0.717) is 0 Å². The molecule has 3 heteroatoms. The molecular formula is C11H17BrN2. The maximum atomic E-state index is 4.14. The minimum Gasteiger partial charge on any atom is -0.373 e. The van der Waals surface area contributed by atoms with Gasteiger partial charge in [-0.3, -0.25) is 4.98 Å². The van der Waals surface area contributed by atoms with Crippen LogP contribution in [0.5, 0.6) is 0 Å². The van der Waals surface area contributed by atoms with Crippen molar-refractivity contribution in [3.63, 3.8) is 0 Å². The van der Waals surface area contributed by atoms with Crippen molar-refractivity contribution in [3.8, 4) is 0 Å². The van der Waals surface area contributed by atoms with E-state index in [1.54, 1.807) is 0 Å². The van der Waals surface area contributed by atoms with E-state index in [4.69, 9.17) is 0 Å². The van der Waals surface area contributed by atoms with Crippen molar-refractivity contribution >= 4 is 21.6 Å². The summed E-state index contributed by atoms with van der Waals surface area (Å²) in [7, 11) is 2.11. The zero-order valence-electron chi connectivity index (χ0n) is 8.83. The molecule has 0 aromatic carbocycles. The van der Waals surface area contributed by atoms with Gasteiger partial charge in [0.25, 0.3) is 0 Å². The van der Waals surface area contributed by atoms with Gasteiger partial charge < -0.3 is 4.90 Å². The lowest BCUT2D eigenvalue weighted by Gasteiger charge is -2.18.